The summed E-state index contributed by atoms with van der Waals surface area (Å²) in [7, 11) is 0. The van der Waals surface area contributed by atoms with E-state index in [1.165, 1.54) is 0 Å². The highest BCUT2D eigenvalue weighted by molar-refractivity contribution is 5.20. The van der Waals surface area contributed by atoms with Crippen LogP contribution in [0.25, 0.3) is 0 Å². The SMILES string of the molecule is CCOC(O)CCOc1ccccc1. The van der Waals surface area contributed by atoms with Crippen molar-refractivity contribution in [2.45, 2.75) is 19.6 Å². The van der Waals surface area contributed by atoms with Crippen LogP contribution in [0.5, 0.6) is 5.75 Å². The molecule has 78 valence electrons. The molecule has 0 saturated carbocycles. The van der Waals surface area contributed by atoms with E-state index in [2.05, 4.69) is 0 Å². The standard InChI is InChI=1S/C11H16O3/c1-2-13-11(12)8-9-14-10-6-4-3-5-7-10/h3-7,11-12H,2,8-9H2,1H3. The first-order valence-corrected chi connectivity index (χ1v) is 4.80. The molecule has 0 saturated heterocycles. The van der Waals surface area contributed by atoms with Crippen molar-refractivity contribution in [3.63, 3.8) is 0 Å². The predicted octanol–water partition coefficient (Wildman–Crippen LogP) is 1.81. The molecule has 3 nitrogen and oxygen atoms in total. The summed E-state index contributed by atoms with van der Waals surface area (Å²) in [5.41, 5.74) is 0. The Bertz CT molecular complexity index is 236. The molecule has 3 heteroatoms. The van der Waals surface area contributed by atoms with E-state index >= 15 is 0 Å². The van der Waals surface area contributed by atoms with Crippen molar-refractivity contribution in [3.8, 4) is 5.75 Å². The minimum Gasteiger partial charge on any atom is -0.493 e. The first-order chi connectivity index (χ1) is 6.83. The fourth-order valence-electron chi connectivity index (χ4n) is 1.07. The van der Waals surface area contributed by atoms with Gasteiger partial charge in [-0.2, -0.15) is 0 Å². The summed E-state index contributed by atoms with van der Waals surface area (Å²) in [5.74, 6) is 0.816. The number of hydrogen-bond donors (Lipinski definition) is 1. The van der Waals surface area contributed by atoms with Crippen LogP contribution in [0.2, 0.25) is 0 Å². The zero-order chi connectivity index (χ0) is 10.2. The number of aliphatic hydroxyl groups excluding tert-OH is 1. The average molecular weight is 196 g/mol. The predicted molar refractivity (Wildman–Crippen MR) is 54.2 cm³/mol. The van der Waals surface area contributed by atoms with Crippen molar-refractivity contribution in [1.29, 1.82) is 0 Å². The maximum absolute atomic E-state index is 9.22. The number of rotatable bonds is 6. The Hall–Kier alpha value is -1.06. The Labute approximate surface area is 84.3 Å². The van der Waals surface area contributed by atoms with E-state index < -0.39 is 6.29 Å². The van der Waals surface area contributed by atoms with Gasteiger partial charge in [0.2, 0.25) is 0 Å². The van der Waals surface area contributed by atoms with E-state index in [1.807, 2.05) is 37.3 Å². The van der Waals surface area contributed by atoms with E-state index in [4.69, 9.17) is 9.47 Å². The van der Waals surface area contributed by atoms with Gasteiger partial charge in [0.25, 0.3) is 0 Å². The summed E-state index contributed by atoms with van der Waals surface area (Å²) in [5, 5.41) is 9.22. The van der Waals surface area contributed by atoms with E-state index in [-0.39, 0.29) is 0 Å². The van der Waals surface area contributed by atoms with Crippen molar-refractivity contribution in [1.82, 2.24) is 0 Å². The number of benzene rings is 1. The number of para-hydroxylation sites is 1. The molecule has 0 fully saturated rings. The fraction of sp³-hybridized carbons (Fsp3) is 0.455. The molecular formula is C11H16O3. The maximum Gasteiger partial charge on any atom is 0.157 e. The molecule has 1 aromatic rings. The van der Waals surface area contributed by atoms with Crippen molar-refractivity contribution >= 4 is 0 Å². The average Bonchev–Trinajstić information content (AvgIpc) is 2.20. The quantitative estimate of drug-likeness (QED) is 0.705. The Kier molecular flexibility index (Phi) is 5.04. The van der Waals surface area contributed by atoms with Gasteiger partial charge in [0.15, 0.2) is 6.29 Å². The minimum atomic E-state index is -0.719. The van der Waals surface area contributed by atoms with Crippen LogP contribution in [0.3, 0.4) is 0 Å². The van der Waals surface area contributed by atoms with Gasteiger partial charge in [-0.05, 0) is 19.1 Å². The molecule has 0 radical (unpaired) electrons. The maximum atomic E-state index is 9.22. The lowest BCUT2D eigenvalue weighted by Crippen LogP contribution is -2.15. The van der Waals surface area contributed by atoms with E-state index in [0.29, 0.717) is 19.6 Å². The third-order valence-corrected chi connectivity index (χ3v) is 1.74. The molecule has 1 unspecified atom stereocenters. The molecule has 1 aromatic carbocycles. The van der Waals surface area contributed by atoms with Crippen LogP contribution >= 0.6 is 0 Å². The van der Waals surface area contributed by atoms with Gasteiger partial charge in [-0.3, -0.25) is 0 Å². The Morgan fingerprint density at radius 3 is 2.64 bits per heavy atom. The highest BCUT2D eigenvalue weighted by atomic mass is 16.6. The third kappa shape index (κ3) is 4.25. The summed E-state index contributed by atoms with van der Waals surface area (Å²) in [4.78, 5) is 0. The van der Waals surface area contributed by atoms with Crippen LogP contribution in [0, 0.1) is 0 Å². The highest BCUT2D eigenvalue weighted by Gasteiger charge is 2.02. The first kappa shape index (κ1) is 11.0. The second-order valence-electron chi connectivity index (χ2n) is 2.86. The van der Waals surface area contributed by atoms with Gasteiger partial charge in [0.05, 0.1) is 6.61 Å². The van der Waals surface area contributed by atoms with Crippen LogP contribution in [-0.4, -0.2) is 24.6 Å². The second kappa shape index (κ2) is 6.40. The van der Waals surface area contributed by atoms with Gasteiger partial charge < -0.3 is 14.6 Å². The van der Waals surface area contributed by atoms with Crippen molar-refractivity contribution in [2.75, 3.05) is 13.2 Å². The highest BCUT2D eigenvalue weighted by Crippen LogP contribution is 2.08. The van der Waals surface area contributed by atoms with Crippen molar-refractivity contribution in [2.24, 2.45) is 0 Å². The molecule has 0 aromatic heterocycles. The topological polar surface area (TPSA) is 38.7 Å². The molecule has 0 bridgehead atoms. The largest absolute Gasteiger partial charge is 0.493 e. The third-order valence-electron chi connectivity index (χ3n) is 1.74. The van der Waals surface area contributed by atoms with Crippen LogP contribution in [-0.2, 0) is 4.74 Å². The lowest BCUT2D eigenvalue weighted by molar-refractivity contribution is -0.103. The Morgan fingerprint density at radius 2 is 2.00 bits per heavy atom. The van der Waals surface area contributed by atoms with Gasteiger partial charge in [0, 0.05) is 13.0 Å². The van der Waals surface area contributed by atoms with E-state index in [1.54, 1.807) is 0 Å². The van der Waals surface area contributed by atoms with Gasteiger partial charge in [-0.15, -0.1) is 0 Å². The zero-order valence-electron chi connectivity index (χ0n) is 8.35. The molecule has 0 amide bonds. The van der Waals surface area contributed by atoms with Gasteiger partial charge >= 0.3 is 0 Å². The fourth-order valence-corrected chi connectivity index (χ4v) is 1.07. The molecule has 0 heterocycles. The molecular weight excluding hydrogens is 180 g/mol. The first-order valence-electron chi connectivity index (χ1n) is 4.80. The molecule has 14 heavy (non-hydrogen) atoms. The monoisotopic (exact) mass is 196 g/mol. The van der Waals surface area contributed by atoms with Gasteiger partial charge in [0.1, 0.15) is 5.75 Å². The molecule has 0 aliphatic heterocycles. The zero-order valence-corrected chi connectivity index (χ0v) is 8.35. The molecule has 1 N–H and O–H groups in total. The molecule has 0 spiro atoms. The molecule has 0 aliphatic carbocycles. The lowest BCUT2D eigenvalue weighted by atomic mass is 10.3. The number of ether oxygens (including phenoxy) is 2. The smallest absolute Gasteiger partial charge is 0.157 e. The second-order valence-corrected chi connectivity index (χ2v) is 2.86. The molecule has 1 rings (SSSR count). The Balaban J connectivity index is 2.16. The molecule has 0 aliphatic rings. The summed E-state index contributed by atoms with van der Waals surface area (Å²) in [6.07, 6.45) is -0.230. The summed E-state index contributed by atoms with van der Waals surface area (Å²) < 4.78 is 10.3. The normalized spacial score (nSPS) is 12.4. The van der Waals surface area contributed by atoms with Gasteiger partial charge in [-0.25, -0.2) is 0 Å². The van der Waals surface area contributed by atoms with Gasteiger partial charge in [-0.1, -0.05) is 18.2 Å². The minimum absolute atomic E-state index is 0.463. The summed E-state index contributed by atoms with van der Waals surface area (Å²) in [6, 6.07) is 9.52. The Morgan fingerprint density at radius 1 is 1.29 bits per heavy atom. The van der Waals surface area contributed by atoms with Crippen molar-refractivity contribution < 1.29 is 14.6 Å². The van der Waals surface area contributed by atoms with Crippen LogP contribution in [0.15, 0.2) is 30.3 Å². The van der Waals surface area contributed by atoms with Crippen molar-refractivity contribution in [3.05, 3.63) is 30.3 Å². The van der Waals surface area contributed by atoms with E-state index in [9.17, 15) is 5.11 Å². The lowest BCUT2D eigenvalue weighted by Gasteiger charge is -2.11. The molecule has 1 atom stereocenters. The number of aliphatic hydroxyl groups is 1. The van der Waals surface area contributed by atoms with Crippen LogP contribution in [0.1, 0.15) is 13.3 Å². The van der Waals surface area contributed by atoms with E-state index in [0.717, 1.165) is 5.75 Å². The number of hydrogen-bond acceptors (Lipinski definition) is 3. The van der Waals surface area contributed by atoms with Crippen LogP contribution < -0.4 is 4.74 Å². The summed E-state index contributed by atoms with van der Waals surface area (Å²) in [6.45, 7) is 2.83. The summed E-state index contributed by atoms with van der Waals surface area (Å²) >= 11 is 0. The van der Waals surface area contributed by atoms with Crippen LogP contribution in [0.4, 0.5) is 0 Å².